The molecule has 6 heteroatoms. The Balaban J connectivity index is 2.04. The molecule has 0 unspecified atom stereocenters. The van der Waals surface area contributed by atoms with E-state index in [1.165, 1.54) is 0 Å². The van der Waals surface area contributed by atoms with Crippen LogP contribution in [0.3, 0.4) is 0 Å². The lowest BCUT2D eigenvalue weighted by atomic mass is 10.3. The summed E-state index contributed by atoms with van der Waals surface area (Å²) in [5.74, 6) is 3.55. The minimum Gasteiger partial charge on any atom is -0.397 e. The van der Waals surface area contributed by atoms with E-state index in [0.29, 0.717) is 29.0 Å². The lowest BCUT2D eigenvalue weighted by molar-refractivity contribution is 0.424. The fourth-order valence-electron chi connectivity index (χ4n) is 1.39. The normalized spacial score (nSPS) is 11.1. The number of aromatic nitrogens is 3. The van der Waals surface area contributed by atoms with Gasteiger partial charge in [-0.1, -0.05) is 19.0 Å². The molecule has 2 N–H and O–H groups in total. The Morgan fingerprint density at radius 2 is 2.28 bits per heavy atom. The SMILES string of the molecule is CC(C)CSCc1noc(-c2ncccc2N)n1. The third kappa shape index (κ3) is 3.22. The monoisotopic (exact) mass is 264 g/mol. The number of nitrogens with two attached hydrogens (primary N) is 1. The molecule has 0 atom stereocenters. The topological polar surface area (TPSA) is 77.8 Å². The Bertz CT molecular complexity index is 512. The van der Waals surface area contributed by atoms with Crippen LogP contribution in [-0.4, -0.2) is 20.9 Å². The molecule has 0 spiro atoms. The Morgan fingerprint density at radius 3 is 3.00 bits per heavy atom. The van der Waals surface area contributed by atoms with Gasteiger partial charge in [0.05, 0.1) is 11.4 Å². The van der Waals surface area contributed by atoms with Crippen molar-refractivity contribution in [3.05, 3.63) is 24.2 Å². The maximum absolute atomic E-state index is 5.81. The van der Waals surface area contributed by atoms with Gasteiger partial charge in [0, 0.05) is 6.20 Å². The highest BCUT2D eigenvalue weighted by Crippen LogP contribution is 2.22. The van der Waals surface area contributed by atoms with Crippen molar-refractivity contribution in [1.29, 1.82) is 0 Å². The van der Waals surface area contributed by atoms with Crippen LogP contribution in [0.15, 0.2) is 22.9 Å². The van der Waals surface area contributed by atoms with E-state index in [1.54, 1.807) is 30.1 Å². The van der Waals surface area contributed by atoms with Crippen LogP contribution in [-0.2, 0) is 5.75 Å². The van der Waals surface area contributed by atoms with Crippen LogP contribution < -0.4 is 5.73 Å². The van der Waals surface area contributed by atoms with E-state index in [-0.39, 0.29) is 0 Å². The second-order valence-corrected chi connectivity index (χ2v) is 5.40. The summed E-state index contributed by atoms with van der Waals surface area (Å²) in [7, 11) is 0. The lowest BCUT2D eigenvalue weighted by Gasteiger charge is -2.00. The molecule has 2 aromatic heterocycles. The van der Waals surface area contributed by atoms with E-state index in [1.807, 2.05) is 0 Å². The van der Waals surface area contributed by atoms with Crippen molar-refractivity contribution in [2.75, 3.05) is 11.5 Å². The number of hydrogen-bond donors (Lipinski definition) is 1. The molecule has 0 amide bonds. The van der Waals surface area contributed by atoms with E-state index < -0.39 is 0 Å². The van der Waals surface area contributed by atoms with Crippen molar-refractivity contribution in [2.24, 2.45) is 5.92 Å². The largest absolute Gasteiger partial charge is 0.397 e. The Labute approximate surface area is 110 Å². The molecule has 0 saturated heterocycles. The zero-order valence-electron chi connectivity index (χ0n) is 10.5. The van der Waals surface area contributed by atoms with Crippen molar-refractivity contribution in [1.82, 2.24) is 15.1 Å². The summed E-state index contributed by atoms with van der Waals surface area (Å²) in [6, 6.07) is 3.54. The maximum Gasteiger partial charge on any atom is 0.278 e. The second kappa shape index (κ2) is 5.86. The van der Waals surface area contributed by atoms with Crippen molar-refractivity contribution < 1.29 is 4.52 Å². The summed E-state index contributed by atoms with van der Waals surface area (Å²) in [5.41, 5.74) is 6.90. The predicted octanol–water partition coefficient (Wildman–Crippen LogP) is 2.60. The van der Waals surface area contributed by atoms with Crippen LogP contribution in [0.2, 0.25) is 0 Å². The van der Waals surface area contributed by atoms with Crippen LogP contribution in [0.5, 0.6) is 0 Å². The highest BCUT2D eigenvalue weighted by molar-refractivity contribution is 7.98. The van der Waals surface area contributed by atoms with Crippen LogP contribution in [0.1, 0.15) is 19.7 Å². The van der Waals surface area contributed by atoms with Gasteiger partial charge in [0.1, 0.15) is 0 Å². The average molecular weight is 264 g/mol. The molecule has 96 valence electrons. The minimum absolute atomic E-state index is 0.383. The number of rotatable bonds is 5. The van der Waals surface area contributed by atoms with Gasteiger partial charge >= 0.3 is 0 Å². The van der Waals surface area contributed by atoms with Gasteiger partial charge in [-0.05, 0) is 23.8 Å². The average Bonchev–Trinajstić information content (AvgIpc) is 2.78. The number of pyridine rings is 1. The quantitative estimate of drug-likeness (QED) is 0.894. The number of nitrogens with zero attached hydrogens (tertiary/aromatic N) is 3. The third-order valence-electron chi connectivity index (χ3n) is 2.19. The zero-order valence-corrected chi connectivity index (χ0v) is 11.3. The molecule has 0 radical (unpaired) electrons. The first-order valence-electron chi connectivity index (χ1n) is 5.78. The summed E-state index contributed by atoms with van der Waals surface area (Å²) < 4.78 is 5.17. The molecule has 0 aliphatic carbocycles. The molecule has 0 saturated carbocycles. The smallest absolute Gasteiger partial charge is 0.278 e. The molecule has 2 aromatic rings. The molecule has 0 aromatic carbocycles. The Hall–Kier alpha value is -1.56. The molecule has 2 rings (SSSR count). The highest BCUT2D eigenvalue weighted by Gasteiger charge is 2.12. The Morgan fingerprint density at radius 1 is 1.44 bits per heavy atom. The van der Waals surface area contributed by atoms with E-state index in [9.17, 15) is 0 Å². The molecule has 2 heterocycles. The summed E-state index contributed by atoms with van der Waals surface area (Å²) >= 11 is 1.79. The van der Waals surface area contributed by atoms with Crippen LogP contribution >= 0.6 is 11.8 Å². The first-order valence-corrected chi connectivity index (χ1v) is 6.93. The molecule has 0 aliphatic rings. The number of nitrogen functional groups attached to an aromatic ring is 1. The Kier molecular flexibility index (Phi) is 4.19. The predicted molar refractivity (Wildman–Crippen MR) is 72.9 cm³/mol. The standard InChI is InChI=1S/C12H16N4OS/c1-8(2)6-18-7-10-15-12(17-16-10)11-9(13)4-3-5-14-11/h3-5,8H,6-7,13H2,1-2H3. The fraction of sp³-hybridized carbons (Fsp3) is 0.417. The van der Waals surface area contributed by atoms with E-state index in [0.717, 1.165) is 11.5 Å². The molecule has 18 heavy (non-hydrogen) atoms. The second-order valence-electron chi connectivity index (χ2n) is 4.37. The van der Waals surface area contributed by atoms with Crippen LogP contribution in [0.4, 0.5) is 5.69 Å². The van der Waals surface area contributed by atoms with Gasteiger partial charge in [-0.25, -0.2) is 4.98 Å². The first kappa shape index (κ1) is 12.9. The van der Waals surface area contributed by atoms with E-state index in [4.69, 9.17) is 10.3 Å². The van der Waals surface area contributed by atoms with Gasteiger partial charge in [0.2, 0.25) is 0 Å². The van der Waals surface area contributed by atoms with Gasteiger partial charge in [-0.3, -0.25) is 0 Å². The molecular formula is C12H16N4OS. The summed E-state index contributed by atoms with van der Waals surface area (Å²) in [6.07, 6.45) is 1.66. The van der Waals surface area contributed by atoms with Crippen LogP contribution in [0.25, 0.3) is 11.6 Å². The fourth-order valence-corrected chi connectivity index (χ4v) is 2.28. The molecular weight excluding hydrogens is 248 g/mol. The molecule has 0 aliphatic heterocycles. The van der Waals surface area contributed by atoms with Crippen LogP contribution in [0, 0.1) is 5.92 Å². The highest BCUT2D eigenvalue weighted by atomic mass is 32.2. The number of hydrogen-bond acceptors (Lipinski definition) is 6. The van der Waals surface area contributed by atoms with Gasteiger partial charge in [-0.2, -0.15) is 16.7 Å². The first-order chi connectivity index (χ1) is 8.66. The third-order valence-corrected chi connectivity index (χ3v) is 3.56. The number of thioether (sulfide) groups is 1. The summed E-state index contributed by atoms with van der Waals surface area (Å²) in [4.78, 5) is 8.44. The van der Waals surface area contributed by atoms with Crippen molar-refractivity contribution in [2.45, 2.75) is 19.6 Å². The molecule has 0 fully saturated rings. The van der Waals surface area contributed by atoms with Crippen molar-refractivity contribution >= 4 is 17.4 Å². The summed E-state index contributed by atoms with van der Waals surface area (Å²) in [6.45, 7) is 4.37. The van der Waals surface area contributed by atoms with Crippen molar-refractivity contribution in [3.8, 4) is 11.6 Å². The van der Waals surface area contributed by atoms with Gasteiger partial charge in [-0.15, -0.1) is 0 Å². The van der Waals surface area contributed by atoms with Gasteiger partial charge in [0.15, 0.2) is 11.5 Å². The van der Waals surface area contributed by atoms with E-state index in [2.05, 4.69) is 29.0 Å². The summed E-state index contributed by atoms with van der Waals surface area (Å²) in [5, 5.41) is 3.93. The van der Waals surface area contributed by atoms with E-state index >= 15 is 0 Å². The molecule has 0 bridgehead atoms. The van der Waals surface area contributed by atoms with Gasteiger partial charge in [0.25, 0.3) is 5.89 Å². The van der Waals surface area contributed by atoms with Crippen molar-refractivity contribution in [3.63, 3.8) is 0 Å². The minimum atomic E-state index is 0.383. The van der Waals surface area contributed by atoms with Gasteiger partial charge < -0.3 is 10.3 Å². The lowest BCUT2D eigenvalue weighted by Crippen LogP contribution is -1.94. The molecule has 5 nitrogen and oxygen atoms in total. The zero-order chi connectivity index (χ0) is 13.0. The number of anilines is 1. The maximum atomic E-state index is 5.81.